The number of aryl methyl sites for hydroxylation is 1. The summed E-state index contributed by atoms with van der Waals surface area (Å²) in [5.74, 6) is 1.34. The van der Waals surface area contributed by atoms with Crippen LogP contribution < -0.4 is 16.0 Å². The van der Waals surface area contributed by atoms with Crippen LogP contribution in [0, 0.1) is 12.8 Å². The van der Waals surface area contributed by atoms with Crippen molar-refractivity contribution in [3.8, 4) is 0 Å². The fraction of sp³-hybridized carbons (Fsp3) is 0.583. The van der Waals surface area contributed by atoms with Crippen LogP contribution in [-0.4, -0.2) is 36.0 Å². The minimum Gasteiger partial charge on any atom is -0.368 e. The molecule has 0 saturated carbocycles. The van der Waals surface area contributed by atoms with Crippen LogP contribution in [0.2, 0.25) is 0 Å². The van der Waals surface area contributed by atoms with Crippen LogP contribution in [0.5, 0.6) is 0 Å². The van der Waals surface area contributed by atoms with E-state index in [1.807, 2.05) is 11.8 Å². The minimum atomic E-state index is -0.361. The Morgan fingerprint density at radius 2 is 2.22 bits per heavy atom. The number of nitrogens with one attached hydrogen (secondary N) is 1. The number of amides is 1. The number of rotatable bonds is 6. The average molecular weight is 251 g/mol. The standard InChI is InChI=1S/C12H21N5O/c1-8(2)6-17(7-10(13)18)11-9(3)5-15-12(14-4)16-11/h5,8H,6-7H2,1-4H3,(H2,13,18)(H,14,15,16). The summed E-state index contributed by atoms with van der Waals surface area (Å²) in [5, 5.41) is 2.89. The zero-order chi connectivity index (χ0) is 13.7. The Kier molecular flexibility index (Phi) is 4.88. The van der Waals surface area contributed by atoms with Gasteiger partial charge in [-0.05, 0) is 12.8 Å². The van der Waals surface area contributed by atoms with Gasteiger partial charge in [-0.3, -0.25) is 4.79 Å². The van der Waals surface area contributed by atoms with Gasteiger partial charge in [0.25, 0.3) is 0 Å². The molecule has 6 nitrogen and oxygen atoms in total. The first-order chi connectivity index (χ1) is 8.43. The molecule has 18 heavy (non-hydrogen) atoms. The molecule has 0 spiro atoms. The van der Waals surface area contributed by atoms with Crippen molar-refractivity contribution in [3.63, 3.8) is 0 Å². The van der Waals surface area contributed by atoms with Crippen LogP contribution >= 0.6 is 0 Å². The minimum absolute atomic E-state index is 0.166. The maximum Gasteiger partial charge on any atom is 0.236 e. The van der Waals surface area contributed by atoms with Gasteiger partial charge >= 0.3 is 0 Å². The van der Waals surface area contributed by atoms with Gasteiger partial charge < -0.3 is 16.0 Å². The Hall–Kier alpha value is -1.85. The van der Waals surface area contributed by atoms with E-state index < -0.39 is 0 Å². The first kappa shape index (κ1) is 14.2. The van der Waals surface area contributed by atoms with Gasteiger partial charge in [-0.2, -0.15) is 4.98 Å². The van der Waals surface area contributed by atoms with Crippen molar-refractivity contribution in [1.29, 1.82) is 0 Å². The van der Waals surface area contributed by atoms with Crippen LogP contribution in [0.25, 0.3) is 0 Å². The molecule has 1 rings (SSSR count). The highest BCUT2D eigenvalue weighted by Crippen LogP contribution is 2.18. The normalized spacial score (nSPS) is 10.5. The molecule has 100 valence electrons. The Morgan fingerprint density at radius 1 is 1.56 bits per heavy atom. The van der Waals surface area contributed by atoms with Crippen molar-refractivity contribution in [2.24, 2.45) is 11.7 Å². The molecule has 0 aliphatic carbocycles. The lowest BCUT2D eigenvalue weighted by atomic mass is 10.2. The second-order valence-corrected chi connectivity index (χ2v) is 4.69. The fourth-order valence-electron chi connectivity index (χ4n) is 1.73. The second-order valence-electron chi connectivity index (χ2n) is 4.69. The van der Waals surface area contributed by atoms with Crippen molar-refractivity contribution < 1.29 is 4.79 Å². The largest absolute Gasteiger partial charge is 0.368 e. The fourth-order valence-corrected chi connectivity index (χ4v) is 1.73. The van der Waals surface area contributed by atoms with E-state index in [9.17, 15) is 4.79 Å². The zero-order valence-corrected chi connectivity index (χ0v) is 11.4. The molecule has 0 aliphatic rings. The molecule has 0 bridgehead atoms. The van der Waals surface area contributed by atoms with Crippen LogP contribution in [0.15, 0.2) is 6.20 Å². The van der Waals surface area contributed by atoms with Gasteiger partial charge in [-0.25, -0.2) is 4.98 Å². The number of nitrogens with zero attached hydrogens (tertiary/aromatic N) is 3. The lowest BCUT2D eigenvalue weighted by Crippen LogP contribution is -2.37. The summed E-state index contributed by atoms with van der Waals surface area (Å²) in [7, 11) is 1.76. The van der Waals surface area contributed by atoms with Gasteiger partial charge in [0.05, 0.1) is 6.54 Å². The van der Waals surface area contributed by atoms with E-state index in [0.717, 1.165) is 17.9 Å². The van der Waals surface area contributed by atoms with Crippen LogP contribution in [0.1, 0.15) is 19.4 Å². The van der Waals surface area contributed by atoms with Gasteiger partial charge in [0.1, 0.15) is 5.82 Å². The quantitative estimate of drug-likeness (QED) is 0.780. The van der Waals surface area contributed by atoms with Crippen molar-refractivity contribution in [2.45, 2.75) is 20.8 Å². The highest BCUT2D eigenvalue weighted by Gasteiger charge is 2.15. The van der Waals surface area contributed by atoms with Gasteiger partial charge in [0, 0.05) is 25.4 Å². The van der Waals surface area contributed by atoms with Gasteiger partial charge in [0.15, 0.2) is 0 Å². The van der Waals surface area contributed by atoms with Crippen molar-refractivity contribution in [3.05, 3.63) is 11.8 Å². The molecule has 3 N–H and O–H groups in total. The lowest BCUT2D eigenvalue weighted by Gasteiger charge is -2.25. The molecule has 6 heteroatoms. The van der Waals surface area contributed by atoms with Crippen molar-refractivity contribution >= 4 is 17.7 Å². The van der Waals surface area contributed by atoms with E-state index in [0.29, 0.717) is 11.9 Å². The Labute approximate surface area is 108 Å². The lowest BCUT2D eigenvalue weighted by molar-refractivity contribution is -0.116. The number of hydrogen-bond acceptors (Lipinski definition) is 5. The Morgan fingerprint density at radius 3 is 2.72 bits per heavy atom. The van der Waals surface area contributed by atoms with Gasteiger partial charge in [-0.1, -0.05) is 13.8 Å². The molecule has 0 fully saturated rings. The highest BCUT2D eigenvalue weighted by atomic mass is 16.1. The second kappa shape index (κ2) is 6.18. The van der Waals surface area contributed by atoms with Crippen LogP contribution in [0.4, 0.5) is 11.8 Å². The molecule has 0 radical (unpaired) electrons. The first-order valence-corrected chi connectivity index (χ1v) is 5.98. The molecule has 0 saturated heterocycles. The Bertz CT molecular complexity index is 419. The molecular formula is C12H21N5O. The third-order valence-electron chi connectivity index (χ3n) is 2.40. The topological polar surface area (TPSA) is 84.1 Å². The predicted octanol–water partition coefficient (Wildman–Crippen LogP) is 0.774. The number of nitrogens with two attached hydrogens (primary N) is 1. The molecule has 1 aromatic heterocycles. The monoisotopic (exact) mass is 251 g/mol. The number of carbonyl (C=O) groups is 1. The summed E-state index contributed by atoms with van der Waals surface area (Å²) in [5.41, 5.74) is 6.21. The number of primary amides is 1. The smallest absolute Gasteiger partial charge is 0.236 e. The maximum atomic E-state index is 11.2. The number of hydrogen-bond donors (Lipinski definition) is 2. The van der Waals surface area contributed by atoms with Crippen molar-refractivity contribution in [2.75, 3.05) is 30.4 Å². The van der Waals surface area contributed by atoms with Gasteiger partial charge in [0.2, 0.25) is 11.9 Å². The van der Waals surface area contributed by atoms with Crippen LogP contribution in [0.3, 0.4) is 0 Å². The van der Waals surface area contributed by atoms with Crippen molar-refractivity contribution in [1.82, 2.24) is 9.97 Å². The molecule has 0 aliphatic heterocycles. The molecular weight excluding hydrogens is 230 g/mol. The van der Waals surface area contributed by atoms with Gasteiger partial charge in [-0.15, -0.1) is 0 Å². The van der Waals surface area contributed by atoms with E-state index in [2.05, 4.69) is 29.1 Å². The molecule has 1 amide bonds. The third-order valence-corrected chi connectivity index (χ3v) is 2.40. The van der Waals surface area contributed by atoms with E-state index in [1.165, 1.54) is 0 Å². The number of carbonyl (C=O) groups excluding carboxylic acids is 1. The SMILES string of the molecule is CNc1ncc(C)c(N(CC(N)=O)CC(C)C)n1. The summed E-state index contributed by atoms with van der Waals surface area (Å²) in [6, 6.07) is 0. The summed E-state index contributed by atoms with van der Waals surface area (Å²) < 4.78 is 0. The zero-order valence-electron chi connectivity index (χ0n) is 11.4. The predicted molar refractivity (Wildman–Crippen MR) is 72.6 cm³/mol. The van der Waals surface area contributed by atoms with E-state index in [-0.39, 0.29) is 12.5 Å². The van der Waals surface area contributed by atoms with E-state index >= 15 is 0 Å². The summed E-state index contributed by atoms with van der Waals surface area (Å²) >= 11 is 0. The number of aromatic nitrogens is 2. The molecule has 1 aromatic rings. The molecule has 0 unspecified atom stereocenters. The molecule has 0 aromatic carbocycles. The Balaban J connectivity index is 3.06. The van der Waals surface area contributed by atoms with Crippen LogP contribution in [-0.2, 0) is 4.79 Å². The molecule has 1 heterocycles. The average Bonchev–Trinajstić information content (AvgIpc) is 2.27. The number of anilines is 2. The third kappa shape index (κ3) is 3.87. The summed E-state index contributed by atoms with van der Waals surface area (Å²) in [4.78, 5) is 21.6. The summed E-state index contributed by atoms with van der Waals surface area (Å²) in [6.45, 7) is 6.99. The summed E-state index contributed by atoms with van der Waals surface area (Å²) in [6.07, 6.45) is 1.74. The highest BCUT2D eigenvalue weighted by molar-refractivity contribution is 5.79. The maximum absolute atomic E-state index is 11.2. The van der Waals surface area contributed by atoms with E-state index in [1.54, 1.807) is 13.2 Å². The first-order valence-electron chi connectivity index (χ1n) is 5.98. The molecule has 0 atom stereocenters. The van der Waals surface area contributed by atoms with E-state index in [4.69, 9.17) is 5.73 Å².